The predicted molar refractivity (Wildman–Crippen MR) is 392 cm³/mol. The van der Waals surface area contributed by atoms with Crippen molar-refractivity contribution in [3.63, 3.8) is 0 Å². The molecule has 6 N–H and O–H groups in total. The van der Waals surface area contributed by atoms with E-state index in [-0.39, 0.29) is 64.9 Å². The number of Topliss-reactive ketones (excluding diaryl/α,β-unsaturated/α-hetero) is 3. The summed E-state index contributed by atoms with van der Waals surface area (Å²) in [6.45, 7) is 22.0. The second-order valence-electron chi connectivity index (χ2n) is 22.7. The summed E-state index contributed by atoms with van der Waals surface area (Å²) in [4.78, 5) is 83.4. The summed E-state index contributed by atoms with van der Waals surface area (Å²) in [5.41, 5.74) is 11.6. The fourth-order valence-corrected chi connectivity index (χ4v) is 13.6. The lowest BCUT2D eigenvalue weighted by atomic mass is 10.0. The Balaban J connectivity index is 0.000000211. The maximum absolute atomic E-state index is 12.7. The molecule has 26 heteroatoms. The van der Waals surface area contributed by atoms with E-state index in [4.69, 9.17) is 52.1 Å². The Morgan fingerprint density at radius 2 is 0.904 bits per heavy atom. The molecule has 19 nitrogen and oxygen atoms in total. The zero-order valence-corrected chi connectivity index (χ0v) is 57.3. The van der Waals surface area contributed by atoms with Crippen LogP contribution in [0.1, 0.15) is 135 Å². The highest BCUT2D eigenvalue weighted by Gasteiger charge is 2.24. The lowest BCUT2D eigenvalue weighted by molar-refractivity contribution is 0.0988. The number of halogens is 4. The van der Waals surface area contributed by atoms with Crippen LogP contribution in [0, 0.1) is 53.4 Å². The smallest absolute Gasteiger partial charge is 0.188 e. The van der Waals surface area contributed by atoms with Crippen LogP contribution in [0.3, 0.4) is 0 Å². The molecule has 94 heavy (non-hydrogen) atoms. The molecule has 9 heterocycles. The summed E-state index contributed by atoms with van der Waals surface area (Å²) in [5, 5.41) is 16.7. The van der Waals surface area contributed by atoms with Gasteiger partial charge in [-0.2, -0.15) is 0 Å². The lowest BCUT2D eigenvalue weighted by Crippen LogP contribution is -2.27. The monoisotopic (exact) mass is 1410 g/mol. The van der Waals surface area contributed by atoms with Gasteiger partial charge in [-0.05, 0) is 137 Å². The van der Waals surface area contributed by atoms with Crippen molar-refractivity contribution in [2.75, 3.05) is 65.0 Å². The summed E-state index contributed by atoms with van der Waals surface area (Å²) in [6.07, 6.45) is 9.01. The van der Waals surface area contributed by atoms with Gasteiger partial charge in [0.05, 0.1) is 33.2 Å². The van der Waals surface area contributed by atoms with E-state index in [1.165, 1.54) is 59.9 Å². The second kappa shape index (κ2) is 35.6. The third-order valence-corrected chi connectivity index (χ3v) is 19.3. The Labute approximate surface area is 584 Å². The number of aryl methyl sites for hydroxylation is 6. The molecule has 0 unspecified atom stereocenters. The molecule has 9 aromatic rings. The number of benzene rings is 3. The fraction of sp³-hybridized carbons (Fsp3) is 0.382. The van der Waals surface area contributed by atoms with Gasteiger partial charge in [0, 0.05) is 84.8 Å². The Kier molecular flexibility index (Phi) is 28.7. The molecule has 0 spiro atoms. The topological polar surface area (TPSA) is 248 Å². The van der Waals surface area contributed by atoms with Crippen molar-refractivity contribution in [1.82, 2.24) is 50.2 Å². The zero-order valence-electron chi connectivity index (χ0n) is 51.8. The van der Waals surface area contributed by atoms with Gasteiger partial charge in [0.1, 0.15) is 51.7 Å². The molecule has 0 radical (unpaired) electrons. The molecule has 3 aromatic carbocycles. The standard InChI is InChI=1S/C22H24ClN5OS.C21H23ClN6OS.C17H14Cl2N4OS.C5H11N.3CH4/c1-13-7-8-28(12-13)21-10-20(25-15(3)26-21)27-22-24-11-19(30-22)18(29)9-16-14(2)5-4-6-17(16)23;1-12-4-3-5-16(22)15(12)8-17(29)18-10-24-21(30-18)27-19-9-20(26-13(2)25-19)28-7-6-14(23)11-28;1-9-4-3-5-12(18)11(9)6-13(24)14-8-20-17(25-14)23-16-7-15(19)21-10(2)22-16;1-5-2-3-6-4-5;;;/h4-6,10-11,13H,7-9,12H2,1-3H3,(H,24,25,26,27);3-5,9-10,14H,6-8,11,23H2,1-2H3,(H,24,25,26,27);3-5,7-8H,6H2,1-2H3,(H,20,21,22,23);5-6H,2-4H2,1H3;3*1H4/t13-;14-;;5-;;;/m11.1.../s1. The summed E-state index contributed by atoms with van der Waals surface area (Å²) in [7, 11) is 0. The van der Waals surface area contributed by atoms with Gasteiger partial charge in [0.2, 0.25) is 0 Å². The number of nitrogens with zero attached hydrogens (tertiary/aromatic N) is 11. The van der Waals surface area contributed by atoms with Gasteiger partial charge in [-0.1, -0.05) is 153 Å². The minimum Gasteiger partial charge on any atom is -0.356 e. The Bertz CT molecular complexity index is 3780. The number of carbonyl (C=O) groups excluding carboxylic acids is 3. The summed E-state index contributed by atoms with van der Waals surface area (Å²) in [6, 6.07) is 22.5. The molecular formula is C68H84Cl4N16O3S3. The number of rotatable bonds is 17. The molecule has 3 atom stereocenters. The molecule has 0 aliphatic carbocycles. The molecule has 3 saturated heterocycles. The summed E-state index contributed by atoms with van der Waals surface area (Å²) < 4.78 is 0. The maximum Gasteiger partial charge on any atom is 0.188 e. The van der Waals surface area contributed by atoms with Crippen molar-refractivity contribution in [3.05, 3.63) is 177 Å². The van der Waals surface area contributed by atoms with Crippen LogP contribution in [0.4, 0.5) is 44.5 Å². The van der Waals surface area contributed by atoms with Crippen molar-refractivity contribution in [2.24, 2.45) is 17.6 Å². The van der Waals surface area contributed by atoms with E-state index in [0.29, 0.717) is 91.1 Å². The molecule has 500 valence electrons. The molecule has 3 aliphatic heterocycles. The minimum atomic E-state index is -0.0290. The normalized spacial score (nSPS) is 15.4. The van der Waals surface area contributed by atoms with Gasteiger partial charge in [-0.15, -0.1) is 0 Å². The van der Waals surface area contributed by atoms with Gasteiger partial charge in [0.15, 0.2) is 32.7 Å². The first-order chi connectivity index (χ1) is 43.6. The number of nitrogens with two attached hydrogens (primary N) is 1. The molecule has 12 rings (SSSR count). The van der Waals surface area contributed by atoms with Crippen molar-refractivity contribution < 1.29 is 14.4 Å². The van der Waals surface area contributed by atoms with E-state index in [1.807, 2.05) is 89.2 Å². The van der Waals surface area contributed by atoms with Gasteiger partial charge in [0.25, 0.3) is 0 Å². The SMILES string of the molecule is C.C.C.C[C@@H]1CCNC1.Cc1nc(Cl)cc(Nc2ncc(C(=O)Cc3c(C)cccc3Cl)s2)n1.Cc1nc(Nc2ncc(C(=O)Cc3c(C)cccc3Cl)s2)cc(N2CC[C@@H](C)C2)n1.Cc1nc(Nc2ncc(C(=O)Cc3c(C)cccc3Cl)s2)cc(N2CC[C@@H](N)C2)n1. The first-order valence-electron chi connectivity index (χ1n) is 29.8. The summed E-state index contributed by atoms with van der Waals surface area (Å²) >= 11 is 28.5. The largest absolute Gasteiger partial charge is 0.356 e. The number of thiazole rings is 3. The van der Waals surface area contributed by atoms with E-state index in [1.54, 1.807) is 43.7 Å². The van der Waals surface area contributed by atoms with Crippen LogP contribution >= 0.6 is 80.4 Å². The Morgan fingerprint density at radius 1 is 0.521 bits per heavy atom. The highest BCUT2D eigenvalue weighted by atomic mass is 35.5. The third-order valence-electron chi connectivity index (χ3n) is 15.2. The van der Waals surface area contributed by atoms with Crippen LogP contribution in [0.25, 0.3) is 0 Å². The number of hydrogen-bond donors (Lipinski definition) is 5. The number of nitrogens with one attached hydrogen (secondary N) is 4. The average Bonchev–Trinajstić information content (AvgIpc) is 1.62. The van der Waals surface area contributed by atoms with Crippen molar-refractivity contribution >= 4 is 142 Å². The van der Waals surface area contributed by atoms with Crippen LogP contribution in [-0.2, 0) is 19.3 Å². The van der Waals surface area contributed by atoms with Crippen LogP contribution in [0.2, 0.25) is 20.2 Å². The number of ketones is 3. The highest BCUT2D eigenvalue weighted by Crippen LogP contribution is 2.32. The first-order valence-corrected chi connectivity index (χ1v) is 33.7. The number of carbonyl (C=O) groups is 3. The number of aromatic nitrogens is 9. The van der Waals surface area contributed by atoms with Gasteiger partial charge in [-0.25, -0.2) is 44.9 Å². The van der Waals surface area contributed by atoms with Crippen molar-refractivity contribution in [2.45, 2.75) is 122 Å². The number of anilines is 8. The summed E-state index contributed by atoms with van der Waals surface area (Å²) in [5.74, 6) is 7.13. The van der Waals surface area contributed by atoms with E-state index in [9.17, 15) is 14.4 Å². The quantitative estimate of drug-likeness (QED) is 0.0420. The molecule has 3 fully saturated rings. The van der Waals surface area contributed by atoms with E-state index < -0.39 is 0 Å². The third kappa shape index (κ3) is 21.4. The molecule has 3 aliphatic rings. The molecule has 0 saturated carbocycles. The first kappa shape index (κ1) is 75.9. The van der Waals surface area contributed by atoms with Crippen LogP contribution in [0.15, 0.2) is 91.4 Å². The van der Waals surface area contributed by atoms with Gasteiger partial charge >= 0.3 is 0 Å². The highest BCUT2D eigenvalue weighted by molar-refractivity contribution is 7.18. The Morgan fingerprint density at radius 3 is 1.22 bits per heavy atom. The lowest BCUT2D eigenvalue weighted by Gasteiger charge is -2.18. The zero-order chi connectivity index (χ0) is 64.9. The fourth-order valence-electron chi connectivity index (χ4n) is 10.2. The Hall–Kier alpha value is -7.12. The van der Waals surface area contributed by atoms with E-state index >= 15 is 0 Å². The molecule has 6 aromatic heterocycles. The van der Waals surface area contributed by atoms with E-state index in [0.717, 1.165) is 83.5 Å². The van der Waals surface area contributed by atoms with Crippen LogP contribution in [0.5, 0.6) is 0 Å². The molecular weight excluding hydrogens is 1330 g/mol. The predicted octanol–water partition coefficient (Wildman–Crippen LogP) is 16.7. The second-order valence-corrected chi connectivity index (χ2v) is 27.4. The average molecular weight is 1410 g/mol. The molecule has 0 bridgehead atoms. The van der Waals surface area contributed by atoms with Crippen LogP contribution in [-0.4, -0.2) is 108 Å². The van der Waals surface area contributed by atoms with Gasteiger partial charge in [-0.3, -0.25) is 14.4 Å². The van der Waals surface area contributed by atoms with Crippen molar-refractivity contribution in [3.8, 4) is 0 Å². The van der Waals surface area contributed by atoms with Crippen molar-refractivity contribution in [1.29, 1.82) is 0 Å². The maximum atomic E-state index is 12.7. The molecule has 0 amide bonds. The van der Waals surface area contributed by atoms with E-state index in [2.05, 4.69) is 89.8 Å². The number of hydrogen-bond acceptors (Lipinski definition) is 22. The van der Waals surface area contributed by atoms with Crippen LogP contribution < -0.4 is 36.8 Å². The minimum absolute atomic E-state index is 0. The van der Waals surface area contributed by atoms with Gasteiger partial charge < -0.3 is 36.8 Å².